The Morgan fingerprint density at radius 2 is 1.97 bits per heavy atom. The summed E-state index contributed by atoms with van der Waals surface area (Å²) in [6.45, 7) is 2.43. The highest BCUT2D eigenvalue weighted by Crippen LogP contribution is 2.47. The summed E-state index contributed by atoms with van der Waals surface area (Å²) in [7, 11) is 1.61. The minimum absolute atomic E-state index is 0.0156. The summed E-state index contributed by atoms with van der Waals surface area (Å²) in [4.78, 5) is 15.0. The van der Waals surface area contributed by atoms with Crippen LogP contribution in [0.15, 0.2) is 18.2 Å². The lowest BCUT2D eigenvalue weighted by Gasteiger charge is -2.28. The standard InChI is InChI=1S/C23H28FN3O3/c1-13-16(4-3-5-18(13)30-2)23-17(28)10-11-26(23)19(29)12-27-22(15-8-9-15)20(24)21(25-27)14-6-7-14/h3-5,14-15,17,23,28H,6-12H2,1-2H3/t17-,23-/m1/s1. The van der Waals surface area contributed by atoms with Gasteiger partial charge in [-0.15, -0.1) is 0 Å². The van der Waals surface area contributed by atoms with E-state index in [-0.39, 0.29) is 30.1 Å². The predicted molar refractivity (Wildman–Crippen MR) is 109 cm³/mol. The summed E-state index contributed by atoms with van der Waals surface area (Å²) in [6, 6.07) is 5.26. The van der Waals surface area contributed by atoms with Gasteiger partial charge in [-0.05, 0) is 56.2 Å². The van der Waals surface area contributed by atoms with Crippen LogP contribution >= 0.6 is 0 Å². The van der Waals surface area contributed by atoms with E-state index in [4.69, 9.17) is 4.74 Å². The molecular weight excluding hydrogens is 385 g/mol. The summed E-state index contributed by atoms with van der Waals surface area (Å²) in [6.07, 6.45) is 3.73. The quantitative estimate of drug-likeness (QED) is 0.788. The second-order valence-corrected chi connectivity index (χ2v) is 8.85. The average molecular weight is 413 g/mol. The van der Waals surface area contributed by atoms with Gasteiger partial charge in [0.1, 0.15) is 18.0 Å². The molecule has 0 radical (unpaired) electrons. The Kier molecular flexibility index (Phi) is 4.81. The maximum atomic E-state index is 15.0. The Morgan fingerprint density at radius 3 is 2.63 bits per heavy atom. The van der Waals surface area contributed by atoms with Gasteiger partial charge >= 0.3 is 0 Å². The summed E-state index contributed by atoms with van der Waals surface area (Å²) < 4.78 is 22.0. The zero-order valence-corrected chi connectivity index (χ0v) is 17.5. The van der Waals surface area contributed by atoms with Gasteiger partial charge < -0.3 is 14.7 Å². The van der Waals surface area contributed by atoms with Gasteiger partial charge in [0.15, 0.2) is 5.82 Å². The van der Waals surface area contributed by atoms with Crippen molar-refractivity contribution in [2.75, 3.05) is 13.7 Å². The van der Waals surface area contributed by atoms with Crippen LogP contribution in [0.4, 0.5) is 4.39 Å². The van der Waals surface area contributed by atoms with E-state index in [9.17, 15) is 14.3 Å². The van der Waals surface area contributed by atoms with E-state index in [1.165, 1.54) is 0 Å². The monoisotopic (exact) mass is 413 g/mol. The number of aliphatic hydroxyl groups is 1. The fourth-order valence-electron chi connectivity index (χ4n) is 4.78. The molecule has 1 amide bonds. The summed E-state index contributed by atoms with van der Waals surface area (Å²) in [5.74, 6) is 0.788. The van der Waals surface area contributed by atoms with Crippen molar-refractivity contribution < 1.29 is 19.0 Å². The van der Waals surface area contributed by atoms with Crippen molar-refractivity contribution in [3.63, 3.8) is 0 Å². The number of amides is 1. The van der Waals surface area contributed by atoms with E-state index >= 15 is 0 Å². The molecule has 5 rings (SSSR count). The second-order valence-electron chi connectivity index (χ2n) is 8.85. The van der Waals surface area contributed by atoms with Crippen molar-refractivity contribution >= 4 is 5.91 Å². The third-order valence-corrected chi connectivity index (χ3v) is 6.72. The van der Waals surface area contributed by atoms with Crippen molar-refractivity contribution in [2.45, 2.75) is 69.6 Å². The smallest absolute Gasteiger partial charge is 0.244 e. The Hall–Kier alpha value is -2.41. The Morgan fingerprint density at radius 1 is 1.23 bits per heavy atom. The minimum atomic E-state index is -0.640. The SMILES string of the molecule is COc1cccc([C@@H]2[C@H](O)CCN2C(=O)Cn2nc(C3CC3)c(F)c2C2CC2)c1C. The number of aliphatic hydroxyl groups excluding tert-OH is 1. The Labute approximate surface area is 175 Å². The molecule has 0 unspecified atom stereocenters. The number of hydrogen-bond donors (Lipinski definition) is 1. The van der Waals surface area contributed by atoms with Crippen molar-refractivity contribution in [3.8, 4) is 5.75 Å². The number of rotatable bonds is 6. The highest BCUT2D eigenvalue weighted by atomic mass is 19.1. The molecule has 2 aliphatic carbocycles. The molecule has 30 heavy (non-hydrogen) atoms. The Balaban J connectivity index is 1.43. The van der Waals surface area contributed by atoms with E-state index < -0.39 is 12.1 Å². The van der Waals surface area contributed by atoms with Crippen LogP contribution in [0.1, 0.15) is 72.5 Å². The number of nitrogens with zero attached hydrogens (tertiary/aromatic N) is 3. The summed E-state index contributed by atoms with van der Waals surface area (Å²) in [5, 5.41) is 15.2. The molecule has 3 fully saturated rings. The second kappa shape index (κ2) is 7.38. The zero-order chi connectivity index (χ0) is 21.0. The van der Waals surface area contributed by atoms with E-state index in [1.807, 2.05) is 25.1 Å². The Bertz CT molecular complexity index is 980. The third kappa shape index (κ3) is 3.29. The molecule has 1 saturated heterocycles. The van der Waals surface area contributed by atoms with Gasteiger partial charge in [-0.25, -0.2) is 4.39 Å². The fraction of sp³-hybridized carbons (Fsp3) is 0.565. The molecule has 2 atom stereocenters. The number of halogens is 1. The van der Waals surface area contributed by atoms with Crippen molar-refractivity contribution in [2.24, 2.45) is 0 Å². The lowest BCUT2D eigenvalue weighted by atomic mass is 9.96. The largest absolute Gasteiger partial charge is 0.496 e. The van der Waals surface area contributed by atoms with Crippen LogP contribution < -0.4 is 4.74 Å². The molecule has 2 saturated carbocycles. The molecule has 160 valence electrons. The van der Waals surface area contributed by atoms with Crippen LogP contribution in [0, 0.1) is 12.7 Å². The van der Waals surface area contributed by atoms with E-state index in [0.29, 0.717) is 24.4 Å². The highest BCUT2D eigenvalue weighted by Gasteiger charge is 2.41. The van der Waals surface area contributed by atoms with Crippen molar-refractivity contribution in [3.05, 3.63) is 46.5 Å². The number of hydrogen-bond acceptors (Lipinski definition) is 4. The molecular formula is C23H28FN3O3. The number of benzene rings is 1. The molecule has 0 bridgehead atoms. The maximum absolute atomic E-state index is 15.0. The highest BCUT2D eigenvalue weighted by molar-refractivity contribution is 5.77. The van der Waals surface area contributed by atoms with Crippen molar-refractivity contribution in [1.82, 2.24) is 14.7 Å². The number of carbonyl (C=O) groups is 1. The predicted octanol–water partition coefficient (Wildman–Crippen LogP) is 3.43. The molecule has 7 heteroatoms. The van der Waals surface area contributed by atoms with E-state index in [2.05, 4.69) is 5.10 Å². The molecule has 0 spiro atoms. The first-order valence-corrected chi connectivity index (χ1v) is 10.9. The van der Waals surface area contributed by atoms with Gasteiger partial charge in [-0.3, -0.25) is 9.48 Å². The summed E-state index contributed by atoms with van der Waals surface area (Å²) >= 11 is 0. The number of aromatic nitrogens is 2. The molecule has 1 aromatic heterocycles. The number of likely N-dealkylation sites (tertiary alicyclic amines) is 1. The van der Waals surface area contributed by atoms with Gasteiger partial charge in [0.25, 0.3) is 0 Å². The van der Waals surface area contributed by atoms with Crippen LogP contribution in [-0.4, -0.2) is 45.5 Å². The first-order valence-electron chi connectivity index (χ1n) is 10.9. The fourth-order valence-corrected chi connectivity index (χ4v) is 4.78. The normalized spacial score (nSPS) is 23.8. The van der Waals surface area contributed by atoms with Crippen LogP contribution in [0.5, 0.6) is 5.75 Å². The lowest BCUT2D eigenvalue weighted by molar-refractivity contribution is -0.134. The van der Waals surface area contributed by atoms with Crippen LogP contribution in [-0.2, 0) is 11.3 Å². The van der Waals surface area contributed by atoms with Crippen molar-refractivity contribution in [1.29, 1.82) is 0 Å². The lowest BCUT2D eigenvalue weighted by Crippen LogP contribution is -2.36. The van der Waals surface area contributed by atoms with Crippen LogP contribution in [0.2, 0.25) is 0 Å². The molecule has 1 N–H and O–H groups in total. The zero-order valence-electron chi connectivity index (χ0n) is 17.5. The van der Waals surface area contributed by atoms with E-state index in [1.54, 1.807) is 16.7 Å². The number of carbonyl (C=O) groups excluding carboxylic acids is 1. The first kappa shape index (κ1) is 19.5. The van der Waals surface area contributed by atoms with Gasteiger partial charge in [0.05, 0.1) is 24.9 Å². The number of methoxy groups -OCH3 is 1. The first-order chi connectivity index (χ1) is 14.5. The average Bonchev–Trinajstić information content (AvgIpc) is 3.65. The van der Waals surface area contributed by atoms with Gasteiger partial charge in [-0.2, -0.15) is 5.10 Å². The molecule has 3 aliphatic rings. The molecule has 2 aromatic rings. The van der Waals surface area contributed by atoms with Gasteiger partial charge in [0, 0.05) is 18.4 Å². The van der Waals surface area contributed by atoms with Crippen LogP contribution in [0.25, 0.3) is 0 Å². The molecule has 2 heterocycles. The maximum Gasteiger partial charge on any atom is 0.244 e. The van der Waals surface area contributed by atoms with Gasteiger partial charge in [-0.1, -0.05) is 12.1 Å². The summed E-state index contributed by atoms with van der Waals surface area (Å²) in [5.41, 5.74) is 2.94. The third-order valence-electron chi connectivity index (χ3n) is 6.72. The molecule has 6 nitrogen and oxygen atoms in total. The number of ether oxygens (including phenoxy) is 1. The van der Waals surface area contributed by atoms with E-state index in [0.717, 1.165) is 42.6 Å². The topological polar surface area (TPSA) is 67.6 Å². The van der Waals surface area contributed by atoms with Crippen LogP contribution in [0.3, 0.4) is 0 Å². The molecule has 1 aliphatic heterocycles. The minimum Gasteiger partial charge on any atom is -0.496 e. The molecule has 1 aromatic carbocycles. The van der Waals surface area contributed by atoms with Gasteiger partial charge in [0.2, 0.25) is 5.91 Å².